The van der Waals surface area contributed by atoms with Crippen LogP contribution in [0.1, 0.15) is 10.4 Å². The molecule has 2 aromatic rings. The highest BCUT2D eigenvalue weighted by Gasteiger charge is 2.12. The maximum atomic E-state index is 12.1. The van der Waals surface area contributed by atoms with Crippen LogP contribution in [0.25, 0.3) is 0 Å². The fraction of sp³-hybridized carbons (Fsp3) is 0.222. The highest BCUT2D eigenvalue weighted by molar-refractivity contribution is 9.10. The zero-order valence-corrected chi connectivity index (χ0v) is 16.0. The van der Waals surface area contributed by atoms with Crippen LogP contribution >= 0.6 is 27.5 Å². The third-order valence-corrected chi connectivity index (χ3v) is 4.17. The second-order valence-corrected chi connectivity index (χ2v) is 6.66. The molecule has 0 aliphatic rings. The first-order chi connectivity index (χ1) is 12.0. The van der Waals surface area contributed by atoms with E-state index in [4.69, 9.17) is 16.3 Å². The summed E-state index contributed by atoms with van der Waals surface area (Å²) in [4.78, 5) is 25.6. The van der Waals surface area contributed by atoms with E-state index in [9.17, 15) is 9.59 Å². The minimum atomic E-state index is -0.291. The Kier molecular flexibility index (Phi) is 7.28. The van der Waals surface area contributed by atoms with Crippen LogP contribution in [-0.2, 0) is 4.79 Å². The number of hydrogen-bond acceptors (Lipinski definition) is 3. The van der Waals surface area contributed by atoms with E-state index < -0.39 is 0 Å². The number of amides is 2. The molecule has 1 N–H and O–H groups in total. The fourth-order valence-corrected chi connectivity index (χ4v) is 2.50. The summed E-state index contributed by atoms with van der Waals surface area (Å²) in [6, 6.07) is 14.0. The number of likely N-dealkylation sites (N-methyl/N-ethyl adjacent to an activating group) is 1. The van der Waals surface area contributed by atoms with Gasteiger partial charge in [0.15, 0.2) is 0 Å². The van der Waals surface area contributed by atoms with Gasteiger partial charge >= 0.3 is 0 Å². The molecule has 132 valence electrons. The standard InChI is InChI=1S/C18H18BrClN2O3/c1-22(9-10-25-16-7-5-15(20)6-8-16)17(23)12-21-18(24)13-3-2-4-14(19)11-13/h2-8,11H,9-10,12H2,1H3,(H,21,24). The van der Waals surface area contributed by atoms with E-state index in [2.05, 4.69) is 21.2 Å². The second kappa shape index (κ2) is 9.44. The van der Waals surface area contributed by atoms with Gasteiger partial charge in [-0.05, 0) is 42.5 Å². The Hall–Kier alpha value is -2.05. The van der Waals surface area contributed by atoms with Gasteiger partial charge in [-0.15, -0.1) is 0 Å². The van der Waals surface area contributed by atoms with Gasteiger partial charge in [0.05, 0.1) is 13.1 Å². The van der Waals surface area contributed by atoms with E-state index in [1.807, 2.05) is 6.07 Å². The molecule has 0 radical (unpaired) electrons. The smallest absolute Gasteiger partial charge is 0.251 e. The largest absolute Gasteiger partial charge is 0.492 e. The van der Waals surface area contributed by atoms with Crippen LogP contribution in [0.3, 0.4) is 0 Å². The molecule has 5 nitrogen and oxygen atoms in total. The van der Waals surface area contributed by atoms with Crippen molar-refractivity contribution >= 4 is 39.3 Å². The monoisotopic (exact) mass is 424 g/mol. The molecule has 0 saturated heterocycles. The van der Waals surface area contributed by atoms with E-state index >= 15 is 0 Å². The number of benzene rings is 2. The first kappa shape index (κ1) is 19.3. The summed E-state index contributed by atoms with van der Waals surface area (Å²) < 4.78 is 6.35. The molecule has 0 bridgehead atoms. The average Bonchev–Trinajstić information content (AvgIpc) is 2.61. The van der Waals surface area contributed by atoms with Gasteiger partial charge in [0.2, 0.25) is 5.91 Å². The molecule has 0 atom stereocenters. The Bertz CT molecular complexity index is 737. The number of carbonyl (C=O) groups excluding carboxylic acids is 2. The van der Waals surface area contributed by atoms with Gasteiger partial charge in [-0.3, -0.25) is 9.59 Å². The minimum Gasteiger partial charge on any atom is -0.492 e. The number of hydrogen-bond donors (Lipinski definition) is 1. The summed E-state index contributed by atoms with van der Waals surface area (Å²) in [5.41, 5.74) is 0.496. The van der Waals surface area contributed by atoms with Crippen LogP contribution in [0.4, 0.5) is 0 Å². The summed E-state index contributed by atoms with van der Waals surface area (Å²) in [5, 5.41) is 3.25. The molecular weight excluding hydrogens is 408 g/mol. The number of rotatable bonds is 7. The van der Waals surface area contributed by atoms with Gasteiger partial charge in [0.1, 0.15) is 12.4 Å². The molecule has 2 amide bonds. The van der Waals surface area contributed by atoms with Gasteiger partial charge in [-0.2, -0.15) is 0 Å². The topological polar surface area (TPSA) is 58.6 Å². The van der Waals surface area contributed by atoms with Gasteiger partial charge in [0.25, 0.3) is 5.91 Å². The van der Waals surface area contributed by atoms with Crippen molar-refractivity contribution in [2.45, 2.75) is 0 Å². The van der Waals surface area contributed by atoms with Crippen LogP contribution in [0.5, 0.6) is 5.75 Å². The predicted octanol–water partition coefficient (Wildman–Crippen LogP) is 3.37. The van der Waals surface area contributed by atoms with Crippen molar-refractivity contribution in [3.8, 4) is 5.75 Å². The third-order valence-electron chi connectivity index (χ3n) is 3.42. The van der Waals surface area contributed by atoms with E-state index in [-0.39, 0.29) is 18.4 Å². The Morgan fingerprint density at radius 3 is 2.60 bits per heavy atom. The summed E-state index contributed by atoms with van der Waals surface area (Å²) >= 11 is 9.11. The van der Waals surface area contributed by atoms with Crippen molar-refractivity contribution in [2.24, 2.45) is 0 Å². The first-order valence-electron chi connectivity index (χ1n) is 7.62. The van der Waals surface area contributed by atoms with E-state index in [0.717, 1.165) is 4.47 Å². The van der Waals surface area contributed by atoms with Crippen LogP contribution < -0.4 is 10.1 Å². The Morgan fingerprint density at radius 1 is 1.20 bits per heavy atom. The fourth-order valence-electron chi connectivity index (χ4n) is 1.98. The molecular formula is C18H18BrClN2O3. The first-order valence-corrected chi connectivity index (χ1v) is 8.79. The molecule has 0 aliphatic carbocycles. The zero-order chi connectivity index (χ0) is 18.2. The number of ether oxygens (including phenoxy) is 1. The van der Waals surface area contributed by atoms with Crippen LogP contribution in [0.15, 0.2) is 53.0 Å². The summed E-state index contributed by atoms with van der Waals surface area (Å²) in [6.45, 7) is 0.695. The Labute approximate surface area is 160 Å². The van der Waals surface area contributed by atoms with Crippen LogP contribution in [0.2, 0.25) is 5.02 Å². The van der Waals surface area contributed by atoms with Gasteiger partial charge in [-0.1, -0.05) is 33.6 Å². The number of carbonyl (C=O) groups is 2. The Morgan fingerprint density at radius 2 is 1.92 bits per heavy atom. The number of halogens is 2. The van der Waals surface area contributed by atoms with Crippen LogP contribution in [0, 0.1) is 0 Å². The molecule has 25 heavy (non-hydrogen) atoms. The molecule has 7 heteroatoms. The Balaban J connectivity index is 1.72. The molecule has 0 saturated carbocycles. The lowest BCUT2D eigenvalue weighted by Crippen LogP contribution is -2.39. The molecule has 0 unspecified atom stereocenters. The molecule has 0 aliphatic heterocycles. The average molecular weight is 426 g/mol. The normalized spacial score (nSPS) is 10.2. The lowest BCUT2D eigenvalue weighted by molar-refractivity contribution is -0.129. The van der Waals surface area contributed by atoms with Gasteiger partial charge < -0.3 is 15.0 Å². The van der Waals surface area contributed by atoms with E-state index in [0.29, 0.717) is 29.5 Å². The summed E-state index contributed by atoms with van der Waals surface area (Å²) in [7, 11) is 1.67. The SMILES string of the molecule is CN(CCOc1ccc(Cl)cc1)C(=O)CNC(=O)c1cccc(Br)c1. The second-order valence-electron chi connectivity index (χ2n) is 5.31. The van der Waals surface area contributed by atoms with Crippen molar-refractivity contribution in [3.05, 3.63) is 63.6 Å². The van der Waals surface area contributed by atoms with Crippen molar-refractivity contribution in [1.82, 2.24) is 10.2 Å². The van der Waals surface area contributed by atoms with Gasteiger partial charge in [-0.25, -0.2) is 0 Å². The van der Waals surface area contributed by atoms with E-state index in [1.165, 1.54) is 4.90 Å². The lowest BCUT2D eigenvalue weighted by Gasteiger charge is -2.18. The highest BCUT2D eigenvalue weighted by Crippen LogP contribution is 2.15. The van der Waals surface area contributed by atoms with Gasteiger partial charge in [0, 0.05) is 22.1 Å². The zero-order valence-electron chi connectivity index (χ0n) is 13.7. The molecule has 2 aromatic carbocycles. The third kappa shape index (κ3) is 6.40. The van der Waals surface area contributed by atoms with E-state index in [1.54, 1.807) is 49.5 Å². The summed E-state index contributed by atoms with van der Waals surface area (Å²) in [5.74, 6) is 0.205. The molecule has 0 aromatic heterocycles. The van der Waals surface area contributed by atoms with Crippen molar-refractivity contribution in [3.63, 3.8) is 0 Å². The molecule has 0 spiro atoms. The maximum absolute atomic E-state index is 12.1. The molecule has 2 rings (SSSR count). The van der Waals surface area contributed by atoms with Crippen molar-refractivity contribution in [2.75, 3.05) is 26.7 Å². The molecule has 0 fully saturated rings. The number of nitrogens with zero attached hydrogens (tertiary/aromatic N) is 1. The quantitative estimate of drug-likeness (QED) is 0.740. The minimum absolute atomic E-state index is 0.0667. The summed E-state index contributed by atoms with van der Waals surface area (Å²) in [6.07, 6.45) is 0. The van der Waals surface area contributed by atoms with Crippen molar-refractivity contribution < 1.29 is 14.3 Å². The molecule has 0 heterocycles. The van der Waals surface area contributed by atoms with Crippen LogP contribution in [-0.4, -0.2) is 43.5 Å². The van der Waals surface area contributed by atoms with Crippen molar-refractivity contribution in [1.29, 1.82) is 0 Å². The maximum Gasteiger partial charge on any atom is 0.251 e. The predicted molar refractivity (Wildman–Crippen MR) is 101 cm³/mol. The lowest BCUT2D eigenvalue weighted by atomic mass is 10.2. The number of nitrogens with one attached hydrogen (secondary N) is 1. The highest BCUT2D eigenvalue weighted by atomic mass is 79.9.